The molecular weight excluding hydrogens is 423 g/mol. The van der Waals surface area contributed by atoms with Crippen molar-refractivity contribution in [3.8, 4) is 17.3 Å². The molecule has 31 heavy (non-hydrogen) atoms. The van der Waals surface area contributed by atoms with Gasteiger partial charge in [-0.25, -0.2) is 14.2 Å². The summed E-state index contributed by atoms with van der Waals surface area (Å²) in [7, 11) is 0. The summed E-state index contributed by atoms with van der Waals surface area (Å²) in [5, 5.41) is 17.8. The minimum absolute atomic E-state index is 0.115. The van der Waals surface area contributed by atoms with Crippen molar-refractivity contribution < 1.29 is 23.2 Å². The van der Waals surface area contributed by atoms with Gasteiger partial charge in [0.25, 0.3) is 11.6 Å². The van der Waals surface area contributed by atoms with Crippen LogP contribution in [0.5, 0.6) is 0 Å². The highest BCUT2D eigenvalue weighted by Gasteiger charge is 2.21. The average Bonchev–Trinajstić information content (AvgIpc) is 3.38. The fraction of sp³-hybridized carbons (Fsp3) is 0.0952. The highest BCUT2D eigenvalue weighted by molar-refractivity contribution is 7.14. The zero-order valence-electron chi connectivity index (χ0n) is 16.0. The first-order valence-electron chi connectivity index (χ1n) is 8.94. The molecule has 1 aromatic carbocycles. The van der Waals surface area contributed by atoms with E-state index in [-0.39, 0.29) is 11.3 Å². The molecule has 0 spiro atoms. The molecule has 1 amide bonds. The van der Waals surface area contributed by atoms with Crippen LogP contribution in [0, 0.1) is 24.1 Å². The molecule has 0 atom stereocenters. The van der Waals surface area contributed by atoms with Crippen molar-refractivity contribution in [1.82, 2.24) is 10.1 Å². The number of nitriles is 1. The second-order valence-electron chi connectivity index (χ2n) is 6.41. The van der Waals surface area contributed by atoms with Gasteiger partial charge < -0.3 is 14.6 Å². The number of nitrogens with zero attached hydrogens (tertiary/aromatic N) is 3. The van der Waals surface area contributed by atoms with E-state index in [1.807, 2.05) is 6.07 Å². The minimum Gasteiger partial charge on any atom is -0.452 e. The highest BCUT2D eigenvalue weighted by Crippen LogP contribution is 2.28. The minimum atomic E-state index is -0.774. The predicted molar refractivity (Wildman–Crippen MR) is 110 cm³/mol. The van der Waals surface area contributed by atoms with E-state index in [4.69, 9.17) is 14.5 Å². The first-order chi connectivity index (χ1) is 15.0. The fourth-order valence-corrected chi connectivity index (χ4v) is 3.64. The Balaban J connectivity index is 1.58. The molecule has 8 nitrogen and oxygen atoms in total. The molecule has 0 bridgehead atoms. The number of carbonyl (C=O) groups is 2. The quantitative estimate of drug-likeness (QED) is 0.469. The molecule has 4 rings (SSSR count). The Morgan fingerprint density at radius 1 is 1.29 bits per heavy atom. The van der Waals surface area contributed by atoms with Crippen LogP contribution < -0.4 is 5.32 Å². The maximum atomic E-state index is 13.2. The van der Waals surface area contributed by atoms with Crippen LogP contribution in [0.4, 0.5) is 9.39 Å². The van der Waals surface area contributed by atoms with Gasteiger partial charge in [0.1, 0.15) is 16.9 Å². The van der Waals surface area contributed by atoms with Crippen molar-refractivity contribution in [3.63, 3.8) is 0 Å². The van der Waals surface area contributed by atoms with Gasteiger partial charge in [0.15, 0.2) is 6.61 Å². The lowest BCUT2D eigenvalue weighted by molar-refractivity contribution is -0.119. The molecule has 0 unspecified atom stereocenters. The molecule has 0 radical (unpaired) electrons. The van der Waals surface area contributed by atoms with E-state index in [0.29, 0.717) is 32.9 Å². The van der Waals surface area contributed by atoms with Crippen molar-refractivity contribution in [2.45, 2.75) is 6.92 Å². The lowest BCUT2D eigenvalue weighted by Gasteiger charge is -2.08. The number of anilines is 1. The average molecular weight is 436 g/mol. The van der Waals surface area contributed by atoms with Crippen LogP contribution in [0.2, 0.25) is 0 Å². The summed E-state index contributed by atoms with van der Waals surface area (Å²) in [6, 6.07) is 10.6. The zero-order valence-corrected chi connectivity index (χ0v) is 16.8. The van der Waals surface area contributed by atoms with E-state index < -0.39 is 24.3 Å². The Labute approximate surface area is 178 Å². The molecule has 3 aromatic heterocycles. The number of pyridine rings is 1. The first kappa shape index (κ1) is 20.2. The van der Waals surface area contributed by atoms with E-state index in [2.05, 4.69) is 15.5 Å². The maximum absolute atomic E-state index is 13.2. The summed E-state index contributed by atoms with van der Waals surface area (Å²) in [5.41, 5.74) is 1.91. The van der Waals surface area contributed by atoms with Crippen LogP contribution in [0.3, 0.4) is 0 Å². The zero-order chi connectivity index (χ0) is 22.0. The molecule has 0 saturated carbocycles. The number of amides is 1. The van der Waals surface area contributed by atoms with E-state index in [0.717, 1.165) is 0 Å². The molecular formula is C21H13FN4O4S. The Morgan fingerprint density at radius 3 is 2.81 bits per heavy atom. The van der Waals surface area contributed by atoms with Crippen molar-refractivity contribution in [2.24, 2.45) is 0 Å². The van der Waals surface area contributed by atoms with Gasteiger partial charge in [0.2, 0.25) is 0 Å². The number of aromatic nitrogens is 2. The first-order valence-corrected chi connectivity index (χ1v) is 9.81. The number of hydrogen-bond donors (Lipinski definition) is 1. The summed E-state index contributed by atoms with van der Waals surface area (Å²) in [4.78, 5) is 29.2. The third kappa shape index (κ3) is 4.12. The Morgan fingerprint density at radius 2 is 2.06 bits per heavy atom. The molecule has 1 N–H and O–H groups in total. The number of ether oxygens (including phenoxy) is 1. The van der Waals surface area contributed by atoms with Gasteiger partial charge in [-0.1, -0.05) is 5.16 Å². The number of thiophene rings is 1. The Hall–Kier alpha value is -4.10. The molecule has 0 saturated heterocycles. The van der Waals surface area contributed by atoms with Gasteiger partial charge in [-0.2, -0.15) is 5.26 Å². The Kier molecular flexibility index (Phi) is 5.43. The largest absolute Gasteiger partial charge is 0.452 e. The van der Waals surface area contributed by atoms with Gasteiger partial charge in [-0.05, 0) is 48.7 Å². The Bertz CT molecular complexity index is 1340. The van der Waals surface area contributed by atoms with Crippen molar-refractivity contribution in [1.29, 1.82) is 5.26 Å². The molecule has 154 valence electrons. The van der Waals surface area contributed by atoms with Gasteiger partial charge in [-0.15, -0.1) is 11.3 Å². The smallest absolute Gasteiger partial charge is 0.339 e. The maximum Gasteiger partial charge on any atom is 0.339 e. The third-order valence-corrected chi connectivity index (χ3v) is 5.18. The summed E-state index contributed by atoms with van der Waals surface area (Å²) in [5.74, 6) is -1.77. The second kappa shape index (κ2) is 8.33. The molecule has 0 aliphatic rings. The third-order valence-electron chi connectivity index (χ3n) is 4.35. The van der Waals surface area contributed by atoms with Crippen LogP contribution >= 0.6 is 11.3 Å². The highest BCUT2D eigenvalue weighted by atomic mass is 32.1. The van der Waals surface area contributed by atoms with Crippen LogP contribution in [0.1, 0.15) is 21.6 Å². The second-order valence-corrected chi connectivity index (χ2v) is 7.33. The van der Waals surface area contributed by atoms with E-state index in [1.165, 1.54) is 41.7 Å². The molecule has 3 heterocycles. The normalized spacial score (nSPS) is 10.6. The fourth-order valence-electron chi connectivity index (χ4n) is 2.89. The number of halogens is 1. The van der Waals surface area contributed by atoms with Crippen molar-refractivity contribution >= 4 is 39.3 Å². The van der Waals surface area contributed by atoms with Crippen molar-refractivity contribution in [3.05, 3.63) is 64.4 Å². The SMILES string of the molecule is Cc1noc2nc(-c3ccc(F)cc3)cc(C(=O)OCC(=O)Nc3sccc3C#N)c12. The number of carbonyl (C=O) groups excluding carboxylic acids is 2. The molecule has 10 heteroatoms. The molecule has 0 aliphatic heterocycles. The van der Waals surface area contributed by atoms with E-state index in [9.17, 15) is 14.0 Å². The van der Waals surface area contributed by atoms with Crippen LogP contribution in [0.15, 0.2) is 46.3 Å². The lowest BCUT2D eigenvalue weighted by atomic mass is 10.1. The topological polar surface area (TPSA) is 118 Å². The van der Waals surface area contributed by atoms with Crippen LogP contribution in [-0.4, -0.2) is 28.6 Å². The summed E-state index contributed by atoms with van der Waals surface area (Å²) in [6.07, 6.45) is 0. The number of aryl methyl sites for hydroxylation is 1. The monoisotopic (exact) mass is 436 g/mol. The van der Waals surface area contributed by atoms with Gasteiger partial charge in [0, 0.05) is 5.56 Å². The number of fused-ring (bicyclic) bond motifs is 1. The molecule has 0 fully saturated rings. The summed E-state index contributed by atoms with van der Waals surface area (Å²) >= 11 is 1.19. The lowest BCUT2D eigenvalue weighted by Crippen LogP contribution is -2.21. The van der Waals surface area contributed by atoms with Gasteiger partial charge in [-0.3, -0.25) is 4.79 Å². The van der Waals surface area contributed by atoms with Crippen molar-refractivity contribution in [2.75, 3.05) is 11.9 Å². The van der Waals surface area contributed by atoms with E-state index >= 15 is 0 Å². The molecule has 4 aromatic rings. The summed E-state index contributed by atoms with van der Waals surface area (Å²) < 4.78 is 23.6. The summed E-state index contributed by atoms with van der Waals surface area (Å²) in [6.45, 7) is 1.09. The van der Waals surface area contributed by atoms with Gasteiger partial charge in [0.05, 0.1) is 27.9 Å². The molecule has 0 aliphatic carbocycles. The number of esters is 1. The number of nitrogens with one attached hydrogen (secondary N) is 1. The standard InChI is InChI=1S/C21H13FN4O4S/c1-11-18-15(21(28)29-10-17(27)25-20-13(9-23)6-7-31-20)8-16(24-19(18)30-26-11)12-2-4-14(22)5-3-12/h2-8H,10H2,1H3,(H,25,27). The van der Waals surface area contributed by atoms with Gasteiger partial charge >= 0.3 is 5.97 Å². The number of rotatable bonds is 5. The van der Waals surface area contributed by atoms with Crippen LogP contribution in [0.25, 0.3) is 22.4 Å². The van der Waals surface area contributed by atoms with Crippen LogP contribution in [-0.2, 0) is 9.53 Å². The predicted octanol–water partition coefficient (Wildman–Crippen LogP) is 4.07. The number of benzene rings is 1. The number of hydrogen-bond acceptors (Lipinski definition) is 8. The van der Waals surface area contributed by atoms with E-state index in [1.54, 1.807) is 18.4 Å².